The predicted molar refractivity (Wildman–Crippen MR) is 161 cm³/mol. The molecule has 214 valence electrons. The van der Waals surface area contributed by atoms with Gasteiger partial charge in [-0.2, -0.15) is 0 Å². The standard InChI is InChI=1S/C31H38ClN3O4S/c1-6-23(4)33-31(37)28(7-2)34(20-25-15-12-11-14-22(25)3)30(36)21-35(29-19-13-18-27(32)24(29)5)40(38,39)26-16-9-8-10-17-26/h8-19,23,28H,6-7,20-21H2,1-5H3,(H,33,37)/t23-,28-/m1/s1. The zero-order valence-electron chi connectivity index (χ0n) is 23.7. The van der Waals surface area contributed by atoms with Crippen LogP contribution in [-0.4, -0.2) is 43.8 Å². The number of halogens is 1. The molecule has 7 nitrogen and oxygen atoms in total. The smallest absolute Gasteiger partial charge is 0.264 e. The van der Waals surface area contributed by atoms with Gasteiger partial charge in [0, 0.05) is 17.6 Å². The number of carbonyl (C=O) groups is 2. The number of nitrogens with zero attached hydrogens (tertiary/aromatic N) is 2. The lowest BCUT2D eigenvalue weighted by Gasteiger charge is -2.34. The third kappa shape index (κ3) is 7.23. The van der Waals surface area contributed by atoms with Gasteiger partial charge in [-0.1, -0.05) is 74.0 Å². The lowest BCUT2D eigenvalue weighted by atomic mass is 10.1. The van der Waals surface area contributed by atoms with Crippen LogP contribution in [0.1, 0.15) is 50.3 Å². The maximum Gasteiger partial charge on any atom is 0.264 e. The van der Waals surface area contributed by atoms with Crippen molar-refractivity contribution >= 4 is 39.1 Å². The number of rotatable bonds is 12. The lowest BCUT2D eigenvalue weighted by Crippen LogP contribution is -2.53. The second kappa shape index (κ2) is 13.8. The Kier molecular flexibility index (Phi) is 10.8. The van der Waals surface area contributed by atoms with Crippen molar-refractivity contribution in [3.8, 4) is 0 Å². The molecule has 9 heteroatoms. The normalized spacial score (nSPS) is 12.8. The van der Waals surface area contributed by atoms with Crippen LogP contribution >= 0.6 is 11.6 Å². The van der Waals surface area contributed by atoms with Gasteiger partial charge in [-0.25, -0.2) is 8.42 Å². The summed E-state index contributed by atoms with van der Waals surface area (Å²) in [6.45, 7) is 9.05. The molecule has 0 radical (unpaired) electrons. The van der Waals surface area contributed by atoms with Gasteiger partial charge in [0.05, 0.1) is 10.6 Å². The highest BCUT2D eigenvalue weighted by Crippen LogP contribution is 2.31. The SMILES string of the molecule is CC[C@@H](C)NC(=O)[C@@H](CC)N(Cc1ccccc1C)C(=O)CN(c1cccc(Cl)c1C)S(=O)(=O)c1ccccc1. The molecule has 1 N–H and O–H groups in total. The summed E-state index contributed by atoms with van der Waals surface area (Å²) in [6.07, 6.45) is 1.10. The molecule has 3 aromatic carbocycles. The zero-order valence-corrected chi connectivity index (χ0v) is 25.3. The molecule has 0 saturated heterocycles. The summed E-state index contributed by atoms with van der Waals surface area (Å²) in [4.78, 5) is 29.1. The van der Waals surface area contributed by atoms with Gasteiger partial charge in [0.2, 0.25) is 11.8 Å². The summed E-state index contributed by atoms with van der Waals surface area (Å²) in [5, 5.41) is 3.38. The van der Waals surface area contributed by atoms with Gasteiger partial charge < -0.3 is 10.2 Å². The largest absolute Gasteiger partial charge is 0.352 e. The molecule has 0 fully saturated rings. The molecular weight excluding hydrogens is 546 g/mol. The minimum atomic E-state index is -4.15. The van der Waals surface area contributed by atoms with Crippen molar-refractivity contribution in [1.82, 2.24) is 10.2 Å². The summed E-state index contributed by atoms with van der Waals surface area (Å²) < 4.78 is 29.0. The Balaban J connectivity index is 2.10. The molecule has 0 aliphatic carbocycles. The number of amides is 2. The Morgan fingerprint density at radius 2 is 1.55 bits per heavy atom. The van der Waals surface area contributed by atoms with E-state index in [0.29, 0.717) is 22.7 Å². The topological polar surface area (TPSA) is 86.8 Å². The van der Waals surface area contributed by atoms with Crippen LogP contribution in [0.5, 0.6) is 0 Å². The van der Waals surface area contributed by atoms with Crippen LogP contribution < -0.4 is 9.62 Å². The first-order valence-electron chi connectivity index (χ1n) is 13.5. The number of hydrogen-bond acceptors (Lipinski definition) is 4. The molecule has 0 aliphatic heterocycles. The molecule has 0 heterocycles. The van der Waals surface area contributed by atoms with Crippen molar-refractivity contribution in [2.45, 2.75) is 71.0 Å². The first-order valence-corrected chi connectivity index (χ1v) is 15.3. The maximum atomic E-state index is 14.2. The van der Waals surface area contributed by atoms with E-state index in [-0.39, 0.29) is 23.4 Å². The van der Waals surface area contributed by atoms with Gasteiger partial charge in [-0.3, -0.25) is 13.9 Å². The number of hydrogen-bond donors (Lipinski definition) is 1. The van der Waals surface area contributed by atoms with Gasteiger partial charge >= 0.3 is 0 Å². The summed E-state index contributed by atoms with van der Waals surface area (Å²) in [7, 11) is -4.15. The predicted octanol–water partition coefficient (Wildman–Crippen LogP) is 5.87. The minimum absolute atomic E-state index is 0.0502. The van der Waals surface area contributed by atoms with Crippen molar-refractivity contribution in [3.63, 3.8) is 0 Å². The molecule has 3 rings (SSSR count). The van der Waals surface area contributed by atoms with Crippen LogP contribution in [0.3, 0.4) is 0 Å². The average Bonchev–Trinajstić information content (AvgIpc) is 2.94. The Hall–Kier alpha value is -3.36. The Bertz CT molecular complexity index is 1430. The highest BCUT2D eigenvalue weighted by atomic mass is 35.5. The summed E-state index contributed by atoms with van der Waals surface area (Å²) in [6, 6.07) is 19.7. The highest BCUT2D eigenvalue weighted by Gasteiger charge is 2.34. The number of aryl methyl sites for hydroxylation is 1. The molecule has 40 heavy (non-hydrogen) atoms. The summed E-state index contributed by atoms with van der Waals surface area (Å²) >= 11 is 6.38. The molecule has 0 saturated carbocycles. The van der Waals surface area contributed by atoms with Crippen LogP contribution in [0.25, 0.3) is 0 Å². The van der Waals surface area contributed by atoms with Crippen molar-refractivity contribution in [1.29, 1.82) is 0 Å². The monoisotopic (exact) mass is 583 g/mol. The fourth-order valence-electron chi connectivity index (χ4n) is 4.43. The van der Waals surface area contributed by atoms with Crippen LogP contribution in [0.2, 0.25) is 5.02 Å². The van der Waals surface area contributed by atoms with E-state index >= 15 is 0 Å². The molecule has 0 aliphatic rings. The first kappa shape index (κ1) is 31.2. The van der Waals surface area contributed by atoms with E-state index in [1.165, 1.54) is 17.0 Å². The molecule has 3 aromatic rings. The maximum absolute atomic E-state index is 14.2. The fraction of sp³-hybridized carbons (Fsp3) is 0.355. The molecule has 0 unspecified atom stereocenters. The second-order valence-corrected chi connectivity index (χ2v) is 12.2. The van der Waals surface area contributed by atoms with E-state index in [9.17, 15) is 18.0 Å². The number of benzene rings is 3. The Morgan fingerprint density at radius 1 is 0.900 bits per heavy atom. The van der Waals surface area contributed by atoms with Crippen LogP contribution in [0.15, 0.2) is 77.7 Å². The average molecular weight is 584 g/mol. The summed E-state index contributed by atoms with van der Waals surface area (Å²) in [5.74, 6) is -0.761. The van der Waals surface area contributed by atoms with E-state index in [0.717, 1.165) is 21.9 Å². The van der Waals surface area contributed by atoms with Crippen molar-refractivity contribution in [3.05, 3.63) is 94.5 Å². The van der Waals surface area contributed by atoms with Crippen molar-refractivity contribution in [2.24, 2.45) is 0 Å². The Morgan fingerprint density at radius 3 is 2.17 bits per heavy atom. The summed E-state index contributed by atoms with van der Waals surface area (Å²) in [5.41, 5.74) is 2.68. The van der Waals surface area contributed by atoms with Gasteiger partial charge in [-0.15, -0.1) is 0 Å². The quantitative estimate of drug-likeness (QED) is 0.289. The number of sulfonamides is 1. The number of anilines is 1. The zero-order chi connectivity index (χ0) is 29.4. The van der Waals surface area contributed by atoms with Crippen LogP contribution in [0, 0.1) is 13.8 Å². The fourth-order valence-corrected chi connectivity index (χ4v) is 6.09. The third-order valence-electron chi connectivity index (χ3n) is 7.11. The van der Waals surface area contributed by atoms with E-state index in [1.807, 2.05) is 52.0 Å². The van der Waals surface area contributed by atoms with E-state index in [2.05, 4.69) is 5.32 Å². The van der Waals surface area contributed by atoms with Gasteiger partial charge in [-0.05, 0) is 74.6 Å². The number of carbonyl (C=O) groups excluding carboxylic acids is 2. The van der Waals surface area contributed by atoms with Crippen LogP contribution in [0.4, 0.5) is 5.69 Å². The highest BCUT2D eigenvalue weighted by molar-refractivity contribution is 7.92. The van der Waals surface area contributed by atoms with Crippen molar-refractivity contribution < 1.29 is 18.0 Å². The molecule has 2 atom stereocenters. The van der Waals surface area contributed by atoms with E-state index in [1.54, 1.807) is 43.3 Å². The van der Waals surface area contributed by atoms with E-state index < -0.39 is 28.5 Å². The molecule has 0 aromatic heterocycles. The van der Waals surface area contributed by atoms with Gasteiger partial charge in [0.15, 0.2) is 0 Å². The minimum Gasteiger partial charge on any atom is -0.352 e. The molecule has 2 amide bonds. The van der Waals surface area contributed by atoms with E-state index in [4.69, 9.17) is 11.6 Å². The molecule has 0 spiro atoms. The van der Waals surface area contributed by atoms with Crippen LogP contribution in [-0.2, 0) is 26.2 Å². The lowest BCUT2D eigenvalue weighted by molar-refractivity contribution is -0.140. The molecular formula is C31H38ClN3O4S. The van der Waals surface area contributed by atoms with Gasteiger partial charge in [0.1, 0.15) is 12.6 Å². The Labute approximate surface area is 243 Å². The first-order chi connectivity index (χ1) is 19.0. The van der Waals surface area contributed by atoms with Gasteiger partial charge in [0.25, 0.3) is 10.0 Å². The molecule has 0 bridgehead atoms. The second-order valence-electron chi connectivity index (χ2n) is 9.90. The van der Waals surface area contributed by atoms with Crippen molar-refractivity contribution in [2.75, 3.05) is 10.8 Å². The third-order valence-corrected chi connectivity index (χ3v) is 9.29. The number of nitrogens with one attached hydrogen (secondary N) is 1.